The minimum atomic E-state index is -0.538. The largest absolute Gasteiger partial charge is 0.351 e. The highest BCUT2D eigenvalue weighted by Gasteiger charge is 2.48. The number of hydroxylamine groups is 2. The van der Waals surface area contributed by atoms with Gasteiger partial charge in [0.25, 0.3) is 0 Å². The Morgan fingerprint density at radius 2 is 2.00 bits per heavy atom. The van der Waals surface area contributed by atoms with Gasteiger partial charge in [-0.05, 0) is 40.5 Å². The van der Waals surface area contributed by atoms with Crippen molar-refractivity contribution in [1.29, 1.82) is 0 Å². The smallest absolute Gasteiger partial charge is 0.230 e. The van der Waals surface area contributed by atoms with E-state index in [2.05, 4.69) is 5.32 Å². The lowest BCUT2D eigenvalue weighted by atomic mass is 9.78. The number of nitrogens with zero attached hydrogens (tertiary/aromatic N) is 1. The van der Waals surface area contributed by atoms with Crippen LogP contribution < -0.4 is 5.32 Å². The lowest BCUT2D eigenvalue weighted by molar-refractivity contribution is -0.292. The van der Waals surface area contributed by atoms with Crippen LogP contribution in [0.25, 0.3) is 0 Å². The molecule has 1 aliphatic rings. The Bertz CT molecular complexity index is 279. The predicted molar refractivity (Wildman–Crippen MR) is 70.7 cm³/mol. The van der Waals surface area contributed by atoms with Crippen molar-refractivity contribution in [2.24, 2.45) is 0 Å². The highest BCUT2D eigenvalue weighted by molar-refractivity contribution is 14.1. The number of hydrogen-bond donors (Lipinski definition) is 1. The van der Waals surface area contributed by atoms with Gasteiger partial charge in [-0.15, -0.1) is 10.3 Å². The maximum absolute atomic E-state index is 12.2. The molecule has 0 bridgehead atoms. The standard InChI is InChI=1S/C11H20IN2O2/c1-10(2)6-5-8(13-9(15)7-12)11(3,4)14(10)16/h8H,5-7H2,1-4H3,(H,13,15). The highest BCUT2D eigenvalue weighted by Crippen LogP contribution is 2.36. The Kier molecular flexibility index (Phi) is 4.23. The van der Waals surface area contributed by atoms with Gasteiger partial charge in [0.05, 0.1) is 9.97 Å². The van der Waals surface area contributed by atoms with Gasteiger partial charge >= 0.3 is 0 Å². The molecular formula is C11H20IN2O2. The van der Waals surface area contributed by atoms with Gasteiger partial charge in [-0.25, -0.2) is 0 Å². The van der Waals surface area contributed by atoms with Crippen LogP contribution in [0.1, 0.15) is 40.5 Å². The lowest BCUT2D eigenvalue weighted by Crippen LogP contribution is -2.66. The van der Waals surface area contributed by atoms with Gasteiger partial charge in [-0.1, -0.05) is 22.6 Å². The van der Waals surface area contributed by atoms with E-state index in [-0.39, 0.29) is 17.5 Å². The highest BCUT2D eigenvalue weighted by atomic mass is 127. The molecule has 1 rings (SSSR count). The van der Waals surface area contributed by atoms with E-state index in [0.717, 1.165) is 17.9 Å². The minimum Gasteiger partial charge on any atom is -0.351 e. The van der Waals surface area contributed by atoms with Crippen LogP contribution in [-0.2, 0) is 10.0 Å². The first-order chi connectivity index (χ1) is 7.21. The van der Waals surface area contributed by atoms with Crippen LogP contribution in [0, 0.1) is 0 Å². The molecule has 0 saturated carbocycles. The number of nitrogens with one attached hydrogen (secondary N) is 1. The number of halogens is 1. The molecule has 0 aromatic rings. The first kappa shape index (κ1) is 14.2. The third kappa shape index (κ3) is 2.68. The Hall–Kier alpha value is 0.120. The number of hydrogen-bond acceptors (Lipinski definition) is 2. The van der Waals surface area contributed by atoms with Crippen molar-refractivity contribution in [2.75, 3.05) is 4.43 Å². The normalized spacial score (nSPS) is 28.8. The molecule has 1 fully saturated rings. The van der Waals surface area contributed by atoms with Crippen molar-refractivity contribution in [3.63, 3.8) is 0 Å². The van der Waals surface area contributed by atoms with Crippen LogP contribution in [0.4, 0.5) is 0 Å². The second-order valence-electron chi connectivity index (χ2n) is 5.55. The molecule has 16 heavy (non-hydrogen) atoms. The van der Waals surface area contributed by atoms with Crippen molar-refractivity contribution in [1.82, 2.24) is 10.4 Å². The van der Waals surface area contributed by atoms with Crippen molar-refractivity contribution >= 4 is 28.5 Å². The van der Waals surface area contributed by atoms with E-state index in [0.29, 0.717) is 4.43 Å². The lowest BCUT2D eigenvalue weighted by Gasteiger charge is -2.51. The van der Waals surface area contributed by atoms with Crippen molar-refractivity contribution < 1.29 is 10.0 Å². The zero-order chi connectivity index (χ0) is 12.6. The fourth-order valence-corrected chi connectivity index (χ4v) is 2.58. The van der Waals surface area contributed by atoms with Crippen LogP contribution in [0.5, 0.6) is 0 Å². The average molecular weight is 339 g/mol. The molecule has 5 heteroatoms. The Balaban J connectivity index is 2.79. The Morgan fingerprint density at radius 1 is 1.44 bits per heavy atom. The molecule has 1 atom stereocenters. The number of piperidine rings is 1. The summed E-state index contributed by atoms with van der Waals surface area (Å²) in [6, 6.07) is -0.0553. The van der Waals surface area contributed by atoms with Crippen LogP contribution in [0.15, 0.2) is 0 Å². The Morgan fingerprint density at radius 3 is 2.50 bits per heavy atom. The topological polar surface area (TPSA) is 52.2 Å². The van der Waals surface area contributed by atoms with E-state index in [1.807, 2.05) is 50.3 Å². The predicted octanol–water partition coefficient (Wildman–Crippen LogP) is 1.90. The fraction of sp³-hybridized carbons (Fsp3) is 0.909. The van der Waals surface area contributed by atoms with Crippen molar-refractivity contribution in [3.8, 4) is 0 Å². The molecule has 4 nitrogen and oxygen atoms in total. The molecule has 1 heterocycles. The zero-order valence-corrected chi connectivity index (χ0v) is 12.5. The molecule has 1 amide bonds. The molecule has 1 aliphatic heterocycles. The minimum absolute atomic E-state index is 0.00628. The van der Waals surface area contributed by atoms with Gasteiger partial charge < -0.3 is 5.32 Å². The monoisotopic (exact) mass is 339 g/mol. The molecule has 1 saturated heterocycles. The van der Waals surface area contributed by atoms with E-state index in [4.69, 9.17) is 0 Å². The van der Waals surface area contributed by atoms with Gasteiger partial charge in [0, 0.05) is 11.6 Å². The molecule has 0 aromatic carbocycles. The summed E-state index contributed by atoms with van der Waals surface area (Å²) in [6.07, 6.45) is 1.67. The van der Waals surface area contributed by atoms with Crippen molar-refractivity contribution in [3.05, 3.63) is 0 Å². The van der Waals surface area contributed by atoms with Gasteiger partial charge in [0.1, 0.15) is 0 Å². The van der Waals surface area contributed by atoms with Crippen LogP contribution in [0.2, 0.25) is 0 Å². The third-order valence-electron chi connectivity index (χ3n) is 3.43. The molecule has 0 spiro atoms. The summed E-state index contributed by atoms with van der Waals surface area (Å²) in [5.41, 5.74) is -0.877. The number of carbonyl (C=O) groups excluding carboxylic acids is 1. The van der Waals surface area contributed by atoms with Crippen LogP contribution in [-0.4, -0.2) is 32.5 Å². The molecule has 0 aliphatic carbocycles. The summed E-state index contributed by atoms with van der Waals surface area (Å²) < 4.78 is 0.437. The molecule has 1 N–H and O–H groups in total. The van der Waals surface area contributed by atoms with E-state index in [9.17, 15) is 10.0 Å². The van der Waals surface area contributed by atoms with E-state index in [1.165, 1.54) is 0 Å². The summed E-state index contributed by atoms with van der Waals surface area (Å²) in [5, 5.41) is 16.3. The molecule has 1 radical (unpaired) electrons. The summed E-state index contributed by atoms with van der Waals surface area (Å²) in [5.74, 6) is 0.00628. The maximum atomic E-state index is 12.2. The van der Waals surface area contributed by atoms with E-state index in [1.54, 1.807) is 0 Å². The molecule has 0 aromatic heterocycles. The second-order valence-corrected chi connectivity index (χ2v) is 6.32. The SMILES string of the molecule is CC1(C)CCC(NC(=O)CI)C(C)(C)N1[O]. The first-order valence-corrected chi connectivity index (χ1v) is 7.07. The Labute approximate surface area is 111 Å². The number of amides is 1. The van der Waals surface area contributed by atoms with Crippen molar-refractivity contribution in [2.45, 2.75) is 57.7 Å². The van der Waals surface area contributed by atoms with Gasteiger partial charge in [0.2, 0.25) is 5.91 Å². The van der Waals surface area contributed by atoms with Crippen LogP contribution >= 0.6 is 22.6 Å². The van der Waals surface area contributed by atoms with Crippen LogP contribution in [0.3, 0.4) is 0 Å². The number of alkyl halides is 1. The second kappa shape index (κ2) is 4.78. The number of rotatable bonds is 2. The molecule has 1 unspecified atom stereocenters. The van der Waals surface area contributed by atoms with E-state index < -0.39 is 5.54 Å². The van der Waals surface area contributed by atoms with Gasteiger partial charge in [-0.2, -0.15) is 0 Å². The summed E-state index contributed by atoms with van der Waals surface area (Å²) in [7, 11) is 0. The van der Waals surface area contributed by atoms with E-state index >= 15 is 0 Å². The quantitative estimate of drug-likeness (QED) is 0.617. The molecule has 93 valence electrons. The third-order valence-corrected chi connectivity index (χ3v) is 4.12. The van der Waals surface area contributed by atoms with Gasteiger partial charge in [-0.3, -0.25) is 4.79 Å². The molecular weight excluding hydrogens is 319 g/mol. The summed E-state index contributed by atoms with van der Waals surface area (Å²) in [4.78, 5) is 11.4. The average Bonchev–Trinajstić information content (AvgIpc) is 2.20. The fourth-order valence-electron chi connectivity index (χ4n) is 2.36. The summed E-state index contributed by atoms with van der Waals surface area (Å²) in [6.45, 7) is 7.72. The van der Waals surface area contributed by atoms with Gasteiger partial charge in [0.15, 0.2) is 0 Å². The maximum Gasteiger partial charge on any atom is 0.230 e. The summed E-state index contributed by atoms with van der Waals surface area (Å²) >= 11 is 2.03. The first-order valence-electron chi connectivity index (χ1n) is 5.54. The number of carbonyl (C=O) groups is 1. The zero-order valence-electron chi connectivity index (χ0n) is 10.3.